The summed E-state index contributed by atoms with van der Waals surface area (Å²) in [6.07, 6.45) is 0. The maximum atomic E-state index is 8.58. The Morgan fingerprint density at radius 2 is 1.71 bits per heavy atom. The van der Waals surface area contributed by atoms with Gasteiger partial charge in [0.15, 0.2) is 5.88 Å². The van der Waals surface area contributed by atoms with Crippen molar-refractivity contribution in [2.24, 2.45) is 0 Å². The quantitative estimate of drug-likeness (QED) is 0.534. The molecule has 1 radical (unpaired) electrons. The van der Waals surface area contributed by atoms with Gasteiger partial charge in [0.05, 0.1) is 5.52 Å². The first-order valence-electron chi connectivity index (χ1n) is 5.29. The molecule has 17 heavy (non-hydrogen) atoms. The van der Waals surface area contributed by atoms with Gasteiger partial charge in [0, 0.05) is 5.39 Å². The molecule has 0 amide bonds. The summed E-state index contributed by atoms with van der Waals surface area (Å²) < 4.78 is 4.85. The summed E-state index contributed by atoms with van der Waals surface area (Å²) in [5, 5.41) is 11.9. The van der Waals surface area contributed by atoms with Gasteiger partial charge in [-0.15, -0.1) is 0 Å². The smallest absolute Gasteiger partial charge is 0.523 e. The summed E-state index contributed by atoms with van der Waals surface area (Å²) in [6, 6.07) is 15.9. The molecule has 0 aliphatic rings. The second-order valence-electron chi connectivity index (χ2n) is 3.76. The van der Waals surface area contributed by atoms with E-state index >= 15 is 0 Å². The summed E-state index contributed by atoms with van der Waals surface area (Å²) in [4.78, 5) is 4.30. The molecule has 0 fully saturated rings. The normalized spacial score (nSPS) is 10.6. The Morgan fingerprint density at radius 1 is 0.941 bits per heavy atom. The molecule has 0 aliphatic carbocycles. The fourth-order valence-corrected chi connectivity index (χ4v) is 1.91. The van der Waals surface area contributed by atoms with E-state index < -0.39 is 0 Å². The molecule has 4 heteroatoms. The van der Waals surface area contributed by atoms with Crippen molar-refractivity contribution in [1.82, 2.24) is 4.98 Å². The van der Waals surface area contributed by atoms with E-state index in [0.717, 1.165) is 16.3 Å². The van der Waals surface area contributed by atoms with Crippen LogP contribution in [0.5, 0.6) is 5.88 Å². The molecule has 3 nitrogen and oxygen atoms in total. The number of aromatic nitrogens is 1. The number of fused-ring (bicyclic) bond motifs is 2. The highest BCUT2D eigenvalue weighted by atomic mass is 16.5. The van der Waals surface area contributed by atoms with Crippen LogP contribution in [0, 0.1) is 0 Å². The molecule has 1 N–H and O–H groups in total. The van der Waals surface area contributed by atoms with Gasteiger partial charge in [0.1, 0.15) is 0 Å². The number of benzene rings is 2. The third-order valence-electron chi connectivity index (χ3n) is 2.70. The summed E-state index contributed by atoms with van der Waals surface area (Å²) in [6.45, 7) is 0. The van der Waals surface area contributed by atoms with Crippen LogP contribution >= 0.6 is 0 Å². The lowest BCUT2D eigenvalue weighted by Crippen LogP contribution is -2.01. The van der Waals surface area contributed by atoms with Crippen LogP contribution in [-0.4, -0.2) is 17.7 Å². The highest BCUT2D eigenvalue weighted by molar-refractivity contribution is 6.17. The van der Waals surface area contributed by atoms with Crippen molar-refractivity contribution in [3.63, 3.8) is 0 Å². The largest absolute Gasteiger partial charge is 0.570 e. The molecule has 0 saturated heterocycles. The maximum absolute atomic E-state index is 8.58. The summed E-state index contributed by atoms with van der Waals surface area (Å²) in [5.41, 5.74) is 0.850. The second-order valence-corrected chi connectivity index (χ2v) is 3.76. The average molecular weight is 222 g/mol. The van der Waals surface area contributed by atoms with Crippen LogP contribution in [0.2, 0.25) is 0 Å². The van der Waals surface area contributed by atoms with Crippen LogP contribution in [0.3, 0.4) is 0 Å². The predicted molar refractivity (Wildman–Crippen MR) is 67.8 cm³/mol. The second kappa shape index (κ2) is 4.07. The van der Waals surface area contributed by atoms with Crippen molar-refractivity contribution in [3.05, 3.63) is 48.5 Å². The lowest BCUT2D eigenvalue weighted by molar-refractivity contribution is 0.444. The number of pyridine rings is 1. The standard InChI is InChI=1S/C13H9BNO2/c16-14-17-13-6-5-11-7-9-3-1-2-4-10(9)8-12(11)15-13/h1-8,16H. The molecule has 0 aliphatic heterocycles. The molecule has 0 bridgehead atoms. The lowest BCUT2D eigenvalue weighted by Gasteiger charge is -2.04. The number of hydrogen-bond acceptors (Lipinski definition) is 3. The van der Waals surface area contributed by atoms with E-state index in [1.165, 1.54) is 5.39 Å². The molecule has 0 atom stereocenters. The zero-order valence-electron chi connectivity index (χ0n) is 9.00. The van der Waals surface area contributed by atoms with E-state index in [4.69, 9.17) is 9.68 Å². The molecule has 0 spiro atoms. The van der Waals surface area contributed by atoms with E-state index in [0.29, 0.717) is 13.6 Å². The molecular formula is C13H9BNO2. The Morgan fingerprint density at radius 3 is 2.47 bits per heavy atom. The molecule has 0 saturated carbocycles. The van der Waals surface area contributed by atoms with Crippen LogP contribution in [0.1, 0.15) is 0 Å². The van der Waals surface area contributed by atoms with Gasteiger partial charge >= 0.3 is 7.69 Å². The minimum Gasteiger partial charge on any atom is -0.523 e. The average Bonchev–Trinajstić information content (AvgIpc) is 2.36. The van der Waals surface area contributed by atoms with Gasteiger partial charge < -0.3 is 9.68 Å². The van der Waals surface area contributed by atoms with Crippen LogP contribution in [-0.2, 0) is 0 Å². The molecule has 0 unspecified atom stereocenters. The van der Waals surface area contributed by atoms with E-state index in [-0.39, 0.29) is 0 Å². The SMILES string of the molecule is O[B]Oc1ccc2cc3ccccc3cc2n1. The minimum atomic E-state index is 0.385. The van der Waals surface area contributed by atoms with E-state index in [2.05, 4.69) is 17.1 Å². The lowest BCUT2D eigenvalue weighted by atomic mass is 10.1. The summed E-state index contributed by atoms with van der Waals surface area (Å²) in [5.74, 6) is 0.385. The van der Waals surface area contributed by atoms with Crippen molar-refractivity contribution < 1.29 is 9.68 Å². The fourth-order valence-electron chi connectivity index (χ4n) is 1.91. The molecule has 3 aromatic rings. The number of hydrogen-bond donors (Lipinski definition) is 1. The number of nitrogens with zero attached hydrogens (tertiary/aromatic N) is 1. The molecular weight excluding hydrogens is 213 g/mol. The third-order valence-corrected chi connectivity index (χ3v) is 2.70. The van der Waals surface area contributed by atoms with Gasteiger partial charge in [-0.05, 0) is 35.0 Å². The van der Waals surface area contributed by atoms with Gasteiger partial charge in [-0.2, -0.15) is 0 Å². The highest BCUT2D eigenvalue weighted by Crippen LogP contribution is 2.23. The minimum absolute atomic E-state index is 0.385. The first-order valence-corrected chi connectivity index (χ1v) is 5.29. The number of rotatable bonds is 2. The van der Waals surface area contributed by atoms with Crippen LogP contribution in [0.15, 0.2) is 48.5 Å². The summed E-state index contributed by atoms with van der Waals surface area (Å²) in [7, 11) is 0.634. The molecule has 3 rings (SSSR count). The molecule has 81 valence electrons. The first-order chi connectivity index (χ1) is 8.36. The predicted octanol–water partition coefficient (Wildman–Crippen LogP) is 2.29. The zero-order valence-corrected chi connectivity index (χ0v) is 9.00. The van der Waals surface area contributed by atoms with E-state index in [9.17, 15) is 0 Å². The molecule has 1 aromatic heterocycles. The van der Waals surface area contributed by atoms with Crippen LogP contribution in [0.4, 0.5) is 0 Å². The highest BCUT2D eigenvalue weighted by Gasteiger charge is 2.01. The van der Waals surface area contributed by atoms with Crippen molar-refractivity contribution in [2.75, 3.05) is 0 Å². The molecule has 2 aromatic carbocycles. The Kier molecular flexibility index (Phi) is 2.42. The maximum Gasteiger partial charge on any atom is 0.570 e. The zero-order chi connectivity index (χ0) is 11.7. The van der Waals surface area contributed by atoms with Gasteiger partial charge in [-0.1, -0.05) is 24.3 Å². The van der Waals surface area contributed by atoms with Gasteiger partial charge in [-0.25, -0.2) is 4.98 Å². The molecule has 1 heterocycles. The van der Waals surface area contributed by atoms with Crippen molar-refractivity contribution in [3.8, 4) is 5.88 Å². The van der Waals surface area contributed by atoms with Crippen LogP contribution < -0.4 is 4.65 Å². The van der Waals surface area contributed by atoms with Gasteiger partial charge in [0.2, 0.25) is 0 Å². The third kappa shape index (κ3) is 1.83. The van der Waals surface area contributed by atoms with Gasteiger partial charge in [0.25, 0.3) is 0 Å². The first kappa shape index (κ1) is 10.1. The van der Waals surface area contributed by atoms with Gasteiger partial charge in [-0.3, -0.25) is 0 Å². The Bertz CT molecular complexity index is 684. The fraction of sp³-hybridized carbons (Fsp3) is 0. The summed E-state index contributed by atoms with van der Waals surface area (Å²) >= 11 is 0. The van der Waals surface area contributed by atoms with Crippen molar-refractivity contribution in [1.29, 1.82) is 0 Å². The van der Waals surface area contributed by atoms with Crippen LogP contribution in [0.25, 0.3) is 21.7 Å². The van der Waals surface area contributed by atoms with Crippen molar-refractivity contribution in [2.45, 2.75) is 0 Å². The monoisotopic (exact) mass is 222 g/mol. The Balaban J connectivity index is 2.25. The van der Waals surface area contributed by atoms with E-state index in [1.54, 1.807) is 6.07 Å². The Hall–Kier alpha value is -2.07. The Labute approximate surface area is 99.0 Å². The van der Waals surface area contributed by atoms with E-state index in [1.807, 2.05) is 30.3 Å². The topological polar surface area (TPSA) is 42.4 Å². The van der Waals surface area contributed by atoms with Crippen molar-refractivity contribution >= 4 is 29.4 Å².